The molecule has 0 aliphatic carbocycles. The Morgan fingerprint density at radius 3 is 2.40 bits per heavy atom. The number of hydrogen-bond acceptors (Lipinski definition) is 3. The molecule has 0 saturated carbocycles. The number of benzene rings is 1. The minimum atomic E-state index is -0.0935. The molecule has 1 aromatic carbocycles. The second kappa shape index (κ2) is 9.50. The number of carbonyl (C=O) groups excluding carboxylic acids is 1. The minimum absolute atomic E-state index is 0.0131. The van der Waals surface area contributed by atoms with Gasteiger partial charge in [0, 0.05) is 6.61 Å². The maximum absolute atomic E-state index is 11.9. The lowest BCUT2D eigenvalue weighted by Crippen LogP contribution is -2.34. The molecule has 0 aromatic heterocycles. The van der Waals surface area contributed by atoms with E-state index in [-0.39, 0.29) is 18.6 Å². The van der Waals surface area contributed by atoms with Crippen molar-refractivity contribution in [2.45, 2.75) is 26.8 Å². The predicted octanol–water partition coefficient (Wildman–Crippen LogP) is 2.55. The van der Waals surface area contributed by atoms with Gasteiger partial charge in [-0.15, -0.1) is 0 Å². The van der Waals surface area contributed by atoms with E-state index in [9.17, 15) is 4.79 Å². The number of amides is 1. The Bertz CT molecular complexity index is 379. The van der Waals surface area contributed by atoms with Crippen LogP contribution in [-0.4, -0.2) is 32.3 Å². The van der Waals surface area contributed by atoms with E-state index in [2.05, 4.69) is 19.2 Å². The van der Waals surface area contributed by atoms with Crippen LogP contribution in [0.2, 0.25) is 0 Å². The molecule has 1 amide bonds. The van der Waals surface area contributed by atoms with Crippen LogP contribution in [0.4, 0.5) is 0 Å². The van der Waals surface area contributed by atoms with Crippen LogP contribution in [0.25, 0.3) is 0 Å². The molecule has 1 aromatic rings. The lowest BCUT2D eigenvalue weighted by atomic mass is 9.96. The molecule has 0 aliphatic heterocycles. The van der Waals surface area contributed by atoms with Gasteiger partial charge in [0.05, 0.1) is 19.3 Å². The molecule has 1 atom stereocenters. The Morgan fingerprint density at radius 1 is 1.15 bits per heavy atom. The summed E-state index contributed by atoms with van der Waals surface area (Å²) in [7, 11) is 0. The third-order valence-corrected chi connectivity index (χ3v) is 2.95. The lowest BCUT2D eigenvalue weighted by molar-refractivity contribution is -0.127. The van der Waals surface area contributed by atoms with Crippen LogP contribution in [0, 0.1) is 5.92 Å². The van der Waals surface area contributed by atoms with Gasteiger partial charge in [0.2, 0.25) is 5.91 Å². The molecule has 0 fully saturated rings. The van der Waals surface area contributed by atoms with Gasteiger partial charge in [-0.1, -0.05) is 44.2 Å². The summed E-state index contributed by atoms with van der Waals surface area (Å²) in [6, 6.07) is 10.0. The van der Waals surface area contributed by atoms with Crippen molar-refractivity contribution >= 4 is 5.91 Å². The van der Waals surface area contributed by atoms with Crippen LogP contribution in [0.1, 0.15) is 32.4 Å². The summed E-state index contributed by atoms with van der Waals surface area (Å²) in [6.07, 6.45) is 0. The molecular weight excluding hydrogens is 254 g/mol. The fourth-order valence-corrected chi connectivity index (χ4v) is 1.94. The zero-order valence-corrected chi connectivity index (χ0v) is 12.6. The summed E-state index contributed by atoms with van der Waals surface area (Å²) in [5.41, 5.74) is 1.12. The van der Waals surface area contributed by atoms with Crippen LogP contribution < -0.4 is 5.32 Å². The number of hydrogen-bond donors (Lipinski definition) is 1. The van der Waals surface area contributed by atoms with E-state index < -0.39 is 0 Å². The topological polar surface area (TPSA) is 47.6 Å². The Balaban J connectivity index is 2.40. The molecule has 1 N–H and O–H groups in total. The quantitative estimate of drug-likeness (QED) is 0.707. The van der Waals surface area contributed by atoms with Gasteiger partial charge < -0.3 is 14.8 Å². The second-order valence-corrected chi connectivity index (χ2v) is 4.95. The molecule has 4 nitrogen and oxygen atoms in total. The molecule has 0 spiro atoms. The largest absolute Gasteiger partial charge is 0.379 e. The van der Waals surface area contributed by atoms with Crippen molar-refractivity contribution in [2.24, 2.45) is 5.92 Å². The Hall–Kier alpha value is -1.39. The zero-order valence-electron chi connectivity index (χ0n) is 12.6. The van der Waals surface area contributed by atoms with Crippen LogP contribution >= 0.6 is 0 Å². The summed E-state index contributed by atoms with van der Waals surface area (Å²) in [4.78, 5) is 11.9. The van der Waals surface area contributed by atoms with Crippen molar-refractivity contribution in [3.63, 3.8) is 0 Å². The SMILES string of the molecule is CCOCCOCC(=O)NC(c1ccccc1)C(C)C. The van der Waals surface area contributed by atoms with E-state index in [1.807, 2.05) is 37.3 Å². The van der Waals surface area contributed by atoms with E-state index in [1.165, 1.54) is 0 Å². The third-order valence-electron chi connectivity index (χ3n) is 2.95. The highest BCUT2D eigenvalue weighted by Gasteiger charge is 2.17. The maximum Gasteiger partial charge on any atom is 0.246 e. The number of carbonyl (C=O) groups is 1. The standard InChI is InChI=1S/C16H25NO3/c1-4-19-10-11-20-12-15(18)17-16(13(2)3)14-8-6-5-7-9-14/h5-9,13,16H,4,10-12H2,1-3H3,(H,17,18). The van der Waals surface area contributed by atoms with Crippen molar-refractivity contribution in [2.75, 3.05) is 26.4 Å². The van der Waals surface area contributed by atoms with Gasteiger partial charge in [-0.25, -0.2) is 0 Å². The fraction of sp³-hybridized carbons (Fsp3) is 0.562. The molecule has 112 valence electrons. The first-order valence-corrected chi connectivity index (χ1v) is 7.15. The van der Waals surface area contributed by atoms with Gasteiger partial charge in [-0.05, 0) is 18.4 Å². The molecular formula is C16H25NO3. The normalized spacial score (nSPS) is 12.4. The highest BCUT2D eigenvalue weighted by molar-refractivity contribution is 5.77. The molecule has 0 radical (unpaired) electrons. The van der Waals surface area contributed by atoms with Crippen molar-refractivity contribution in [3.05, 3.63) is 35.9 Å². The average molecular weight is 279 g/mol. The Labute approximate surface area is 121 Å². The van der Waals surface area contributed by atoms with Crippen LogP contribution in [0.3, 0.4) is 0 Å². The van der Waals surface area contributed by atoms with Gasteiger partial charge in [-0.3, -0.25) is 4.79 Å². The number of ether oxygens (including phenoxy) is 2. The molecule has 0 bridgehead atoms. The van der Waals surface area contributed by atoms with Crippen LogP contribution in [0.15, 0.2) is 30.3 Å². The first-order chi connectivity index (χ1) is 9.65. The van der Waals surface area contributed by atoms with Gasteiger partial charge in [-0.2, -0.15) is 0 Å². The van der Waals surface area contributed by atoms with E-state index in [0.29, 0.717) is 25.7 Å². The van der Waals surface area contributed by atoms with E-state index in [4.69, 9.17) is 9.47 Å². The minimum Gasteiger partial charge on any atom is -0.379 e. The predicted molar refractivity (Wildman–Crippen MR) is 79.5 cm³/mol. The van der Waals surface area contributed by atoms with Gasteiger partial charge in [0.15, 0.2) is 0 Å². The second-order valence-electron chi connectivity index (χ2n) is 4.95. The maximum atomic E-state index is 11.9. The Kier molecular flexibility index (Phi) is 7.92. The first kappa shape index (κ1) is 16.7. The van der Waals surface area contributed by atoms with E-state index >= 15 is 0 Å². The first-order valence-electron chi connectivity index (χ1n) is 7.15. The molecule has 4 heteroatoms. The van der Waals surface area contributed by atoms with Crippen molar-refractivity contribution < 1.29 is 14.3 Å². The van der Waals surface area contributed by atoms with Crippen molar-refractivity contribution in [1.82, 2.24) is 5.32 Å². The van der Waals surface area contributed by atoms with Crippen molar-refractivity contribution in [1.29, 1.82) is 0 Å². The lowest BCUT2D eigenvalue weighted by Gasteiger charge is -2.23. The average Bonchev–Trinajstić information content (AvgIpc) is 2.45. The monoisotopic (exact) mass is 279 g/mol. The molecule has 0 heterocycles. The van der Waals surface area contributed by atoms with Crippen LogP contribution in [0.5, 0.6) is 0 Å². The number of nitrogens with one attached hydrogen (secondary N) is 1. The molecule has 0 aliphatic rings. The highest BCUT2D eigenvalue weighted by Crippen LogP contribution is 2.20. The zero-order chi connectivity index (χ0) is 14.8. The Morgan fingerprint density at radius 2 is 1.80 bits per heavy atom. The van der Waals surface area contributed by atoms with E-state index in [0.717, 1.165) is 5.56 Å². The van der Waals surface area contributed by atoms with Crippen molar-refractivity contribution in [3.8, 4) is 0 Å². The van der Waals surface area contributed by atoms with Gasteiger partial charge in [0.1, 0.15) is 6.61 Å². The summed E-state index contributed by atoms with van der Waals surface area (Å²) >= 11 is 0. The third kappa shape index (κ3) is 6.17. The summed E-state index contributed by atoms with van der Waals surface area (Å²) < 4.78 is 10.4. The summed E-state index contributed by atoms with van der Waals surface area (Å²) in [5, 5.41) is 3.02. The van der Waals surface area contributed by atoms with Gasteiger partial charge in [0.25, 0.3) is 0 Å². The smallest absolute Gasteiger partial charge is 0.246 e. The van der Waals surface area contributed by atoms with E-state index in [1.54, 1.807) is 0 Å². The summed E-state index contributed by atoms with van der Waals surface area (Å²) in [5.74, 6) is 0.230. The molecule has 20 heavy (non-hydrogen) atoms. The highest BCUT2D eigenvalue weighted by atomic mass is 16.5. The van der Waals surface area contributed by atoms with Gasteiger partial charge >= 0.3 is 0 Å². The number of rotatable bonds is 9. The van der Waals surface area contributed by atoms with Crippen LogP contribution in [-0.2, 0) is 14.3 Å². The molecule has 0 saturated heterocycles. The molecule has 1 unspecified atom stereocenters. The molecule has 1 rings (SSSR count). The fourth-order valence-electron chi connectivity index (χ4n) is 1.94. The summed E-state index contributed by atoms with van der Waals surface area (Å²) in [6.45, 7) is 7.82.